The minimum absolute atomic E-state index is 0.221. The smallest absolute Gasteiger partial charge is 0.318 e. The molecule has 0 aliphatic carbocycles. The maximum Gasteiger partial charge on any atom is 0.318 e. The summed E-state index contributed by atoms with van der Waals surface area (Å²) in [7, 11) is 2.14. The van der Waals surface area contributed by atoms with Gasteiger partial charge in [0.15, 0.2) is 0 Å². The summed E-state index contributed by atoms with van der Waals surface area (Å²) in [5, 5.41) is 9.52. The lowest BCUT2D eigenvalue weighted by atomic mass is 10.0. The van der Waals surface area contributed by atoms with Crippen LogP contribution in [0.1, 0.15) is 48.6 Å². The number of nitriles is 1. The molecule has 2 aromatic rings. The van der Waals surface area contributed by atoms with Crippen molar-refractivity contribution in [2.24, 2.45) is 0 Å². The molecule has 0 radical (unpaired) electrons. The Balaban J connectivity index is 1.46. The molecule has 2 saturated heterocycles. The SMILES string of the molecule is CC#CC(=O)N1CCN(c2nc(OCC3CCCN3C)nc3c2CCN(c2cccc(C)c2C)C3)CC1CC#N. The third-order valence-corrected chi connectivity index (χ3v) is 8.62. The van der Waals surface area contributed by atoms with Crippen LogP contribution in [0.15, 0.2) is 18.2 Å². The Hall–Kier alpha value is -3.82. The second-order valence-corrected chi connectivity index (χ2v) is 11.1. The summed E-state index contributed by atoms with van der Waals surface area (Å²) in [6.45, 7) is 10.8. The zero-order valence-corrected chi connectivity index (χ0v) is 24.1. The lowest BCUT2D eigenvalue weighted by Gasteiger charge is -2.42. The van der Waals surface area contributed by atoms with Gasteiger partial charge in [0.05, 0.1) is 30.8 Å². The Morgan fingerprint density at radius 1 is 1.12 bits per heavy atom. The van der Waals surface area contributed by atoms with E-state index >= 15 is 0 Å². The monoisotopic (exact) mass is 541 g/mol. The van der Waals surface area contributed by atoms with Gasteiger partial charge in [-0.05, 0) is 76.7 Å². The number of aromatic nitrogens is 2. The summed E-state index contributed by atoms with van der Waals surface area (Å²) in [5.74, 6) is 6.00. The molecule has 3 aliphatic rings. The van der Waals surface area contributed by atoms with E-state index in [9.17, 15) is 10.1 Å². The lowest BCUT2D eigenvalue weighted by Crippen LogP contribution is -2.55. The van der Waals surface area contributed by atoms with E-state index in [4.69, 9.17) is 14.7 Å². The topological polar surface area (TPSA) is 88.8 Å². The summed E-state index contributed by atoms with van der Waals surface area (Å²) in [6.07, 6.45) is 3.35. The maximum absolute atomic E-state index is 12.6. The first kappa shape index (κ1) is 27.7. The summed E-state index contributed by atoms with van der Waals surface area (Å²) in [5.41, 5.74) is 5.92. The second-order valence-electron chi connectivity index (χ2n) is 11.1. The number of anilines is 2. The highest BCUT2D eigenvalue weighted by Crippen LogP contribution is 2.34. The van der Waals surface area contributed by atoms with Crippen LogP contribution in [-0.4, -0.2) is 84.1 Å². The number of hydrogen-bond donors (Lipinski definition) is 0. The van der Waals surface area contributed by atoms with Crippen LogP contribution in [0.25, 0.3) is 0 Å². The predicted octanol–water partition coefficient (Wildman–Crippen LogP) is 3.08. The molecule has 2 fully saturated rings. The van der Waals surface area contributed by atoms with Gasteiger partial charge in [-0.25, -0.2) is 0 Å². The van der Waals surface area contributed by atoms with Crippen LogP contribution in [-0.2, 0) is 17.8 Å². The molecule has 1 amide bonds. The van der Waals surface area contributed by atoms with E-state index in [0.29, 0.717) is 44.8 Å². The summed E-state index contributed by atoms with van der Waals surface area (Å²) < 4.78 is 6.26. The largest absolute Gasteiger partial charge is 0.462 e. The number of piperazine rings is 1. The van der Waals surface area contributed by atoms with E-state index in [-0.39, 0.29) is 18.4 Å². The summed E-state index contributed by atoms with van der Waals surface area (Å²) >= 11 is 0. The zero-order valence-electron chi connectivity index (χ0n) is 24.1. The number of aryl methyl sites for hydroxylation is 1. The molecule has 1 aromatic heterocycles. The van der Waals surface area contributed by atoms with Gasteiger partial charge in [0.2, 0.25) is 0 Å². The zero-order chi connectivity index (χ0) is 28.2. The van der Waals surface area contributed by atoms with Crippen LogP contribution in [0.5, 0.6) is 6.01 Å². The molecule has 0 bridgehead atoms. The first-order valence-electron chi connectivity index (χ1n) is 14.3. The molecule has 210 valence electrons. The number of ether oxygens (including phenoxy) is 1. The first-order valence-corrected chi connectivity index (χ1v) is 14.3. The Kier molecular flexibility index (Phi) is 8.42. The van der Waals surface area contributed by atoms with Gasteiger partial charge in [0.25, 0.3) is 5.91 Å². The molecule has 1 aromatic carbocycles. The van der Waals surface area contributed by atoms with E-state index in [1.54, 1.807) is 11.8 Å². The molecule has 9 heteroatoms. The van der Waals surface area contributed by atoms with Crippen LogP contribution in [0, 0.1) is 37.0 Å². The van der Waals surface area contributed by atoms with Gasteiger partial charge in [-0.15, -0.1) is 0 Å². The van der Waals surface area contributed by atoms with Gasteiger partial charge in [-0.1, -0.05) is 18.1 Å². The van der Waals surface area contributed by atoms with E-state index in [1.807, 2.05) is 0 Å². The highest BCUT2D eigenvalue weighted by Gasteiger charge is 2.34. The predicted molar refractivity (Wildman–Crippen MR) is 155 cm³/mol. The number of rotatable bonds is 6. The molecular formula is C31H39N7O2. The molecule has 2 unspecified atom stereocenters. The molecule has 3 aliphatic heterocycles. The number of benzene rings is 1. The van der Waals surface area contributed by atoms with Crippen molar-refractivity contribution in [3.05, 3.63) is 40.6 Å². The molecular weight excluding hydrogens is 502 g/mol. The van der Waals surface area contributed by atoms with Crippen LogP contribution in [0.4, 0.5) is 11.5 Å². The standard InChI is InChI=1S/C31H39N7O2/c1-5-8-29(39)38-18-17-37(19-24(38)12-14-32)30-26-13-16-36(28-11-6-9-22(2)23(28)3)20-27(26)33-31(34-30)40-21-25-10-7-15-35(25)4/h6,9,11,24-25H,7,10,12-13,15-21H2,1-4H3. The molecule has 9 nitrogen and oxygen atoms in total. The van der Waals surface area contributed by atoms with Crippen LogP contribution >= 0.6 is 0 Å². The number of fused-ring (bicyclic) bond motifs is 1. The number of carbonyl (C=O) groups excluding carboxylic acids is 1. The third-order valence-electron chi connectivity index (χ3n) is 8.62. The highest BCUT2D eigenvalue weighted by atomic mass is 16.5. The van der Waals surface area contributed by atoms with Crippen molar-refractivity contribution in [2.75, 3.05) is 56.2 Å². The Labute approximate surface area is 237 Å². The van der Waals surface area contributed by atoms with E-state index in [1.165, 1.54) is 23.2 Å². The highest BCUT2D eigenvalue weighted by molar-refractivity contribution is 5.93. The van der Waals surface area contributed by atoms with E-state index < -0.39 is 0 Å². The average Bonchev–Trinajstić information content (AvgIpc) is 3.37. The second kappa shape index (κ2) is 12.1. The van der Waals surface area contributed by atoms with E-state index in [0.717, 1.165) is 43.0 Å². The normalized spacial score (nSPS) is 20.9. The minimum atomic E-state index is -0.246. The Bertz CT molecular complexity index is 1360. The fourth-order valence-electron chi connectivity index (χ4n) is 6.13. The molecule has 0 spiro atoms. The van der Waals surface area contributed by atoms with Crippen molar-refractivity contribution in [1.29, 1.82) is 5.26 Å². The maximum atomic E-state index is 12.6. The van der Waals surface area contributed by atoms with Gasteiger partial charge >= 0.3 is 6.01 Å². The molecule has 40 heavy (non-hydrogen) atoms. The average molecular weight is 542 g/mol. The Morgan fingerprint density at radius 2 is 1.98 bits per heavy atom. The number of carbonyl (C=O) groups is 1. The molecule has 2 atom stereocenters. The van der Waals surface area contributed by atoms with Crippen LogP contribution < -0.4 is 14.5 Å². The van der Waals surface area contributed by atoms with Gasteiger partial charge < -0.3 is 24.3 Å². The van der Waals surface area contributed by atoms with Crippen molar-refractivity contribution in [1.82, 2.24) is 19.8 Å². The van der Waals surface area contributed by atoms with Crippen molar-refractivity contribution in [3.8, 4) is 23.9 Å². The summed E-state index contributed by atoms with van der Waals surface area (Å²) in [6, 6.07) is 9.24. The Morgan fingerprint density at radius 3 is 2.73 bits per heavy atom. The fraction of sp³-hybridized carbons (Fsp3) is 0.548. The number of nitrogens with zero attached hydrogens (tertiary/aromatic N) is 7. The quantitative estimate of drug-likeness (QED) is 0.516. The van der Waals surface area contributed by atoms with Crippen molar-refractivity contribution in [3.63, 3.8) is 0 Å². The minimum Gasteiger partial charge on any atom is -0.462 e. The van der Waals surface area contributed by atoms with Gasteiger partial charge in [-0.2, -0.15) is 15.2 Å². The fourth-order valence-corrected chi connectivity index (χ4v) is 6.13. The van der Waals surface area contributed by atoms with Gasteiger partial charge in [0, 0.05) is 43.5 Å². The third kappa shape index (κ3) is 5.71. The number of likely N-dealkylation sites (N-methyl/N-ethyl adjacent to an activating group) is 1. The van der Waals surface area contributed by atoms with E-state index in [2.05, 4.69) is 71.7 Å². The van der Waals surface area contributed by atoms with Crippen LogP contribution in [0.3, 0.4) is 0 Å². The lowest BCUT2D eigenvalue weighted by molar-refractivity contribution is -0.127. The molecule has 0 N–H and O–H groups in total. The van der Waals surface area contributed by atoms with Crippen molar-refractivity contribution >= 4 is 17.4 Å². The molecule has 5 rings (SSSR count). The first-order chi connectivity index (χ1) is 19.4. The number of amides is 1. The molecule has 4 heterocycles. The summed E-state index contributed by atoms with van der Waals surface area (Å²) in [4.78, 5) is 31.2. The van der Waals surface area contributed by atoms with Gasteiger partial charge in [-0.3, -0.25) is 4.79 Å². The van der Waals surface area contributed by atoms with Crippen LogP contribution in [0.2, 0.25) is 0 Å². The van der Waals surface area contributed by atoms with Crippen molar-refractivity contribution in [2.45, 2.75) is 65.1 Å². The molecule has 0 saturated carbocycles. The number of hydrogen-bond acceptors (Lipinski definition) is 8. The van der Waals surface area contributed by atoms with Gasteiger partial charge in [0.1, 0.15) is 12.4 Å². The van der Waals surface area contributed by atoms with Crippen molar-refractivity contribution < 1.29 is 9.53 Å². The number of likely N-dealkylation sites (tertiary alicyclic amines) is 1.